The lowest BCUT2D eigenvalue weighted by Gasteiger charge is -2.02. The molecule has 0 aliphatic rings. The number of halogens is 1. The van der Waals surface area contributed by atoms with Gasteiger partial charge in [-0.2, -0.15) is 0 Å². The fraction of sp³-hybridized carbons (Fsp3) is 0. The first kappa shape index (κ1) is 11.3. The molecule has 5 nitrogen and oxygen atoms in total. The maximum Gasteiger partial charge on any atom is 0.338 e. The molecule has 0 radical (unpaired) electrons. The number of aromatic hydroxyl groups is 1. The SMILES string of the molecule is O=C(O)c1cc(-c2ccc(O)cc2)nnc1Cl. The van der Waals surface area contributed by atoms with Gasteiger partial charge in [-0.15, -0.1) is 10.2 Å². The van der Waals surface area contributed by atoms with Crippen molar-refractivity contribution < 1.29 is 15.0 Å². The molecule has 0 fully saturated rings. The first-order chi connectivity index (χ1) is 8.08. The predicted octanol–water partition coefficient (Wildman–Crippen LogP) is 2.20. The van der Waals surface area contributed by atoms with E-state index in [2.05, 4.69) is 10.2 Å². The Balaban J connectivity index is 2.50. The first-order valence-corrected chi connectivity index (χ1v) is 5.01. The summed E-state index contributed by atoms with van der Waals surface area (Å²) in [5.74, 6) is -1.04. The van der Waals surface area contributed by atoms with Gasteiger partial charge < -0.3 is 10.2 Å². The minimum Gasteiger partial charge on any atom is -0.508 e. The second-order valence-electron chi connectivity index (χ2n) is 3.29. The Bertz CT molecular complexity index is 569. The second-order valence-corrected chi connectivity index (χ2v) is 3.64. The van der Waals surface area contributed by atoms with Gasteiger partial charge in [0.05, 0.1) is 5.69 Å². The Labute approximate surface area is 101 Å². The number of aromatic nitrogens is 2. The van der Waals surface area contributed by atoms with Crippen LogP contribution in [0.25, 0.3) is 11.3 Å². The molecule has 17 heavy (non-hydrogen) atoms. The van der Waals surface area contributed by atoms with E-state index in [0.29, 0.717) is 11.3 Å². The van der Waals surface area contributed by atoms with Crippen molar-refractivity contribution in [2.24, 2.45) is 0 Å². The molecule has 0 atom stereocenters. The number of phenols is 1. The maximum atomic E-state index is 10.9. The largest absolute Gasteiger partial charge is 0.508 e. The standard InChI is InChI=1S/C11H7ClN2O3/c12-10-8(11(16)17)5-9(13-14-10)6-1-3-7(15)4-2-6/h1-5,15H,(H,16,17). The first-order valence-electron chi connectivity index (χ1n) is 4.64. The molecule has 1 aromatic heterocycles. The Morgan fingerprint density at radius 1 is 1.18 bits per heavy atom. The third-order valence-electron chi connectivity index (χ3n) is 2.14. The van der Waals surface area contributed by atoms with E-state index in [9.17, 15) is 4.79 Å². The molecule has 2 N–H and O–H groups in total. The zero-order valence-corrected chi connectivity index (χ0v) is 9.22. The zero-order valence-electron chi connectivity index (χ0n) is 8.46. The highest BCUT2D eigenvalue weighted by Gasteiger charge is 2.12. The average Bonchev–Trinajstić information content (AvgIpc) is 2.30. The number of carbonyl (C=O) groups is 1. The van der Waals surface area contributed by atoms with Crippen molar-refractivity contribution in [1.82, 2.24) is 10.2 Å². The maximum absolute atomic E-state index is 10.9. The number of hydrogen-bond donors (Lipinski definition) is 2. The van der Waals surface area contributed by atoms with Crippen LogP contribution in [0.3, 0.4) is 0 Å². The minimum absolute atomic E-state index is 0.107. The van der Waals surface area contributed by atoms with Gasteiger partial charge in [0.1, 0.15) is 11.3 Å². The normalized spacial score (nSPS) is 10.2. The van der Waals surface area contributed by atoms with Crippen LogP contribution < -0.4 is 0 Å². The molecule has 2 rings (SSSR count). The van der Waals surface area contributed by atoms with Crippen molar-refractivity contribution in [3.8, 4) is 17.0 Å². The molecule has 0 unspecified atom stereocenters. The Kier molecular flexibility index (Phi) is 2.93. The Hall–Kier alpha value is -2.14. The van der Waals surface area contributed by atoms with Crippen molar-refractivity contribution >= 4 is 17.6 Å². The van der Waals surface area contributed by atoms with Gasteiger partial charge in [0.2, 0.25) is 0 Å². The summed E-state index contributed by atoms with van der Waals surface area (Å²) in [6.07, 6.45) is 0. The van der Waals surface area contributed by atoms with Gasteiger partial charge in [-0.3, -0.25) is 0 Å². The van der Waals surface area contributed by atoms with Gasteiger partial charge in [0.25, 0.3) is 0 Å². The van der Waals surface area contributed by atoms with E-state index in [-0.39, 0.29) is 16.5 Å². The third-order valence-corrected chi connectivity index (χ3v) is 2.42. The van der Waals surface area contributed by atoms with E-state index in [1.807, 2.05) is 0 Å². The molecule has 0 spiro atoms. The van der Waals surface area contributed by atoms with Gasteiger partial charge >= 0.3 is 5.97 Å². The van der Waals surface area contributed by atoms with Crippen LogP contribution in [-0.4, -0.2) is 26.4 Å². The number of benzene rings is 1. The van der Waals surface area contributed by atoms with Gasteiger partial charge in [0, 0.05) is 5.56 Å². The lowest BCUT2D eigenvalue weighted by Crippen LogP contribution is -2.01. The lowest BCUT2D eigenvalue weighted by molar-refractivity contribution is 0.0696. The molecule has 86 valence electrons. The minimum atomic E-state index is -1.16. The number of hydrogen-bond acceptors (Lipinski definition) is 4. The van der Waals surface area contributed by atoms with Crippen LogP contribution in [0, 0.1) is 0 Å². The number of phenolic OH excluding ortho intramolecular Hbond substituents is 1. The van der Waals surface area contributed by atoms with Gasteiger partial charge in [-0.1, -0.05) is 11.6 Å². The van der Waals surface area contributed by atoms with Crippen molar-refractivity contribution in [1.29, 1.82) is 0 Å². The van der Waals surface area contributed by atoms with Crippen LogP contribution >= 0.6 is 11.6 Å². The van der Waals surface area contributed by atoms with Gasteiger partial charge in [-0.05, 0) is 30.3 Å². The van der Waals surface area contributed by atoms with Crippen LogP contribution in [0.5, 0.6) is 5.75 Å². The van der Waals surface area contributed by atoms with E-state index in [1.54, 1.807) is 12.1 Å². The Morgan fingerprint density at radius 3 is 2.41 bits per heavy atom. The quantitative estimate of drug-likeness (QED) is 0.854. The highest BCUT2D eigenvalue weighted by atomic mass is 35.5. The number of aromatic carboxylic acids is 1. The fourth-order valence-electron chi connectivity index (χ4n) is 1.30. The summed E-state index contributed by atoms with van der Waals surface area (Å²) < 4.78 is 0. The summed E-state index contributed by atoms with van der Waals surface area (Å²) in [6, 6.07) is 7.51. The molecule has 0 saturated heterocycles. The highest BCUT2D eigenvalue weighted by Crippen LogP contribution is 2.22. The molecular formula is C11H7ClN2O3. The zero-order chi connectivity index (χ0) is 12.4. The molecule has 0 aliphatic heterocycles. The van der Waals surface area contributed by atoms with E-state index in [1.165, 1.54) is 18.2 Å². The highest BCUT2D eigenvalue weighted by molar-refractivity contribution is 6.32. The van der Waals surface area contributed by atoms with Crippen LogP contribution in [0.4, 0.5) is 0 Å². The van der Waals surface area contributed by atoms with Gasteiger partial charge in [0.15, 0.2) is 5.15 Å². The summed E-state index contributed by atoms with van der Waals surface area (Å²) in [5, 5.41) is 25.2. The molecule has 0 bridgehead atoms. The average molecular weight is 251 g/mol. The second kappa shape index (κ2) is 4.39. The van der Waals surface area contributed by atoms with Crippen LogP contribution in [0.2, 0.25) is 5.15 Å². The molecule has 1 heterocycles. The molecule has 0 saturated carbocycles. The molecule has 6 heteroatoms. The third kappa shape index (κ3) is 2.34. The number of carboxylic acid groups (broad SMARTS) is 1. The van der Waals surface area contributed by atoms with E-state index < -0.39 is 5.97 Å². The summed E-state index contributed by atoms with van der Waals surface area (Å²) in [7, 11) is 0. The summed E-state index contributed by atoms with van der Waals surface area (Å²) in [5.41, 5.74) is 0.922. The summed E-state index contributed by atoms with van der Waals surface area (Å²) in [4.78, 5) is 10.9. The monoisotopic (exact) mass is 250 g/mol. The number of nitrogens with zero attached hydrogens (tertiary/aromatic N) is 2. The van der Waals surface area contributed by atoms with Crippen molar-refractivity contribution in [3.63, 3.8) is 0 Å². The molecular weight excluding hydrogens is 244 g/mol. The van der Waals surface area contributed by atoms with Crippen molar-refractivity contribution in [3.05, 3.63) is 41.0 Å². The number of carboxylic acids is 1. The summed E-state index contributed by atoms with van der Waals surface area (Å²) >= 11 is 5.61. The molecule has 1 aromatic carbocycles. The molecule has 2 aromatic rings. The number of rotatable bonds is 2. The van der Waals surface area contributed by atoms with Crippen LogP contribution in [0.1, 0.15) is 10.4 Å². The molecule has 0 aliphatic carbocycles. The lowest BCUT2D eigenvalue weighted by atomic mass is 10.1. The predicted molar refractivity (Wildman–Crippen MR) is 61.1 cm³/mol. The van der Waals surface area contributed by atoms with Crippen LogP contribution in [0.15, 0.2) is 30.3 Å². The summed E-state index contributed by atoms with van der Waals surface area (Å²) in [6.45, 7) is 0. The van der Waals surface area contributed by atoms with Crippen molar-refractivity contribution in [2.45, 2.75) is 0 Å². The van der Waals surface area contributed by atoms with E-state index >= 15 is 0 Å². The smallest absolute Gasteiger partial charge is 0.338 e. The van der Waals surface area contributed by atoms with Gasteiger partial charge in [-0.25, -0.2) is 4.79 Å². The van der Waals surface area contributed by atoms with Crippen LogP contribution in [-0.2, 0) is 0 Å². The fourth-order valence-corrected chi connectivity index (χ4v) is 1.47. The molecule has 0 amide bonds. The Morgan fingerprint density at radius 2 is 1.82 bits per heavy atom. The van der Waals surface area contributed by atoms with E-state index in [0.717, 1.165) is 0 Å². The van der Waals surface area contributed by atoms with E-state index in [4.69, 9.17) is 21.8 Å². The topological polar surface area (TPSA) is 83.3 Å². The van der Waals surface area contributed by atoms with Crippen molar-refractivity contribution in [2.75, 3.05) is 0 Å².